The Balaban J connectivity index is 1.73. The standard InChI is InChI=1S/C11H13N5O/c12-10-14-8-15-11(16-10)13-6-7-17-9-4-2-1-3-5-9/h1-5,8H,6-7H2,(H3,12,13,14,15,16). The zero-order valence-corrected chi connectivity index (χ0v) is 9.21. The second-order valence-corrected chi connectivity index (χ2v) is 3.26. The van der Waals surface area contributed by atoms with Gasteiger partial charge in [-0.15, -0.1) is 0 Å². The van der Waals surface area contributed by atoms with Crippen LogP contribution in [0, 0.1) is 0 Å². The number of nitrogens with two attached hydrogens (primary N) is 1. The molecule has 0 atom stereocenters. The molecule has 17 heavy (non-hydrogen) atoms. The first-order chi connectivity index (χ1) is 8.34. The van der Waals surface area contributed by atoms with E-state index in [2.05, 4.69) is 20.3 Å². The lowest BCUT2D eigenvalue weighted by Gasteiger charge is -2.07. The summed E-state index contributed by atoms with van der Waals surface area (Å²) in [7, 11) is 0. The number of hydrogen-bond acceptors (Lipinski definition) is 6. The Kier molecular flexibility index (Phi) is 3.69. The molecule has 0 saturated carbocycles. The molecule has 6 heteroatoms. The van der Waals surface area contributed by atoms with Gasteiger partial charge >= 0.3 is 0 Å². The molecular formula is C11H13N5O. The number of hydrogen-bond donors (Lipinski definition) is 2. The van der Waals surface area contributed by atoms with Gasteiger partial charge in [0.1, 0.15) is 18.7 Å². The summed E-state index contributed by atoms with van der Waals surface area (Å²) in [6.45, 7) is 1.12. The molecule has 2 aromatic rings. The van der Waals surface area contributed by atoms with Crippen molar-refractivity contribution in [3.63, 3.8) is 0 Å². The molecule has 3 N–H and O–H groups in total. The molecule has 0 aliphatic carbocycles. The summed E-state index contributed by atoms with van der Waals surface area (Å²) in [5.74, 6) is 1.49. The summed E-state index contributed by atoms with van der Waals surface area (Å²) in [5, 5.41) is 2.99. The van der Waals surface area contributed by atoms with Gasteiger partial charge in [0.15, 0.2) is 0 Å². The van der Waals surface area contributed by atoms with Crippen molar-refractivity contribution in [1.82, 2.24) is 15.0 Å². The molecule has 1 aromatic carbocycles. The van der Waals surface area contributed by atoms with Crippen LogP contribution in [0.4, 0.5) is 11.9 Å². The highest BCUT2D eigenvalue weighted by molar-refractivity contribution is 5.28. The van der Waals surface area contributed by atoms with E-state index in [1.165, 1.54) is 6.33 Å². The van der Waals surface area contributed by atoms with Crippen LogP contribution in [0.3, 0.4) is 0 Å². The highest BCUT2D eigenvalue weighted by atomic mass is 16.5. The minimum Gasteiger partial charge on any atom is -0.492 e. The fraction of sp³-hybridized carbons (Fsp3) is 0.182. The minimum atomic E-state index is 0.200. The number of aromatic nitrogens is 3. The number of benzene rings is 1. The summed E-state index contributed by atoms with van der Waals surface area (Å²) in [6.07, 6.45) is 1.36. The number of nitrogens with zero attached hydrogens (tertiary/aromatic N) is 3. The number of nitrogen functional groups attached to an aromatic ring is 1. The number of anilines is 2. The van der Waals surface area contributed by atoms with Crippen LogP contribution in [0.5, 0.6) is 5.75 Å². The van der Waals surface area contributed by atoms with Crippen LogP contribution in [-0.2, 0) is 0 Å². The normalized spacial score (nSPS) is 9.88. The first-order valence-corrected chi connectivity index (χ1v) is 5.21. The van der Waals surface area contributed by atoms with E-state index in [9.17, 15) is 0 Å². The molecule has 0 spiro atoms. The quantitative estimate of drug-likeness (QED) is 0.745. The van der Waals surface area contributed by atoms with E-state index < -0.39 is 0 Å². The lowest BCUT2D eigenvalue weighted by Crippen LogP contribution is -2.14. The average Bonchev–Trinajstić information content (AvgIpc) is 2.36. The number of para-hydroxylation sites is 1. The van der Waals surface area contributed by atoms with Crippen molar-refractivity contribution in [3.05, 3.63) is 36.7 Å². The lowest BCUT2D eigenvalue weighted by molar-refractivity contribution is 0.332. The van der Waals surface area contributed by atoms with E-state index in [0.29, 0.717) is 19.1 Å². The highest BCUT2D eigenvalue weighted by Gasteiger charge is 1.96. The summed E-state index contributed by atoms with van der Waals surface area (Å²) in [6, 6.07) is 9.60. The molecule has 1 heterocycles. The van der Waals surface area contributed by atoms with Crippen LogP contribution in [0.15, 0.2) is 36.7 Å². The summed E-state index contributed by atoms with van der Waals surface area (Å²) in [4.78, 5) is 11.5. The maximum absolute atomic E-state index is 5.49. The molecule has 0 aliphatic rings. The van der Waals surface area contributed by atoms with Gasteiger partial charge in [0.2, 0.25) is 11.9 Å². The maximum atomic E-state index is 5.49. The molecule has 0 bridgehead atoms. The zero-order chi connectivity index (χ0) is 11.9. The Hall–Kier alpha value is -2.37. The van der Waals surface area contributed by atoms with Gasteiger partial charge < -0.3 is 15.8 Å². The zero-order valence-electron chi connectivity index (χ0n) is 9.21. The SMILES string of the molecule is Nc1ncnc(NCCOc2ccccc2)n1. The fourth-order valence-corrected chi connectivity index (χ4v) is 1.24. The topological polar surface area (TPSA) is 86.0 Å². The third-order valence-corrected chi connectivity index (χ3v) is 1.99. The molecule has 0 saturated heterocycles. The smallest absolute Gasteiger partial charge is 0.227 e. The molecule has 6 nitrogen and oxygen atoms in total. The van der Waals surface area contributed by atoms with Gasteiger partial charge in [-0.3, -0.25) is 0 Å². The second kappa shape index (κ2) is 5.64. The number of nitrogens with one attached hydrogen (secondary N) is 1. The third-order valence-electron chi connectivity index (χ3n) is 1.99. The largest absolute Gasteiger partial charge is 0.492 e. The van der Waals surface area contributed by atoms with Gasteiger partial charge in [-0.2, -0.15) is 4.98 Å². The average molecular weight is 231 g/mol. The van der Waals surface area contributed by atoms with E-state index in [4.69, 9.17) is 10.5 Å². The van der Waals surface area contributed by atoms with Crippen molar-refractivity contribution in [3.8, 4) is 5.75 Å². The third kappa shape index (κ3) is 3.60. The first-order valence-electron chi connectivity index (χ1n) is 5.21. The molecule has 0 unspecified atom stereocenters. The van der Waals surface area contributed by atoms with E-state index in [1.54, 1.807) is 0 Å². The van der Waals surface area contributed by atoms with Gasteiger partial charge in [0, 0.05) is 0 Å². The van der Waals surface area contributed by atoms with Gasteiger partial charge in [0.25, 0.3) is 0 Å². The maximum Gasteiger partial charge on any atom is 0.227 e. The van der Waals surface area contributed by atoms with Crippen molar-refractivity contribution < 1.29 is 4.74 Å². The van der Waals surface area contributed by atoms with Gasteiger partial charge in [-0.05, 0) is 12.1 Å². The van der Waals surface area contributed by atoms with Crippen molar-refractivity contribution in [1.29, 1.82) is 0 Å². The Morgan fingerprint density at radius 3 is 2.76 bits per heavy atom. The van der Waals surface area contributed by atoms with Crippen LogP contribution in [-0.4, -0.2) is 28.1 Å². The molecule has 0 radical (unpaired) electrons. The molecule has 0 fully saturated rings. The van der Waals surface area contributed by atoms with Crippen LogP contribution < -0.4 is 15.8 Å². The molecule has 0 aliphatic heterocycles. The van der Waals surface area contributed by atoms with E-state index in [0.717, 1.165) is 5.75 Å². The van der Waals surface area contributed by atoms with Crippen LogP contribution in [0.25, 0.3) is 0 Å². The van der Waals surface area contributed by atoms with Gasteiger partial charge in [-0.25, -0.2) is 9.97 Å². The van der Waals surface area contributed by atoms with Crippen LogP contribution in [0.1, 0.15) is 0 Å². The molecule has 1 aromatic heterocycles. The van der Waals surface area contributed by atoms with Crippen molar-refractivity contribution in [2.24, 2.45) is 0 Å². The molecule has 0 amide bonds. The number of rotatable bonds is 5. The van der Waals surface area contributed by atoms with Crippen molar-refractivity contribution in [2.75, 3.05) is 24.2 Å². The highest BCUT2D eigenvalue weighted by Crippen LogP contribution is 2.07. The monoisotopic (exact) mass is 231 g/mol. The van der Waals surface area contributed by atoms with Crippen LogP contribution in [0.2, 0.25) is 0 Å². The molecule has 88 valence electrons. The minimum absolute atomic E-state index is 0.200. The van der Waals surface area contributed by atoms with Gasteiger partial charge in [-0.1, -0.05) is 18.2 Å². The van der Waals surface area contributed by atoms with E-state index in [-0.39, 0.29) is 5.95 Å². The molecule has 2 rings (SSSR count). The first kappa shape index (κ1) is 11.1. The van der Waals surface area contributed by atoms with Crippen LogP contribution >= 0.6 is 0 Å². The van der Waals surface area contributed by atoms with Crippen molar-refractivity contribution in [2.45, 2.75) is 0 Å². The Bertz CT molecular complexity index is 462. The predicted octanol–water partition coefficient (Wildman–Crippen LogP) is 0.945. The van der Waals surface area contributed by atoms with Gasteiger partial charge in [0.05, 0.1) is 6.54 Å². The Morgan fingerprint density at radius 1 is 1.18 bits per heavy atom. The Morgan fingerprint density at radius 2 is 2.00 bits per heavy atom. The van der Waals surface area contributed by atoms with E-state index >= 15 is 0 Å². The Labute approximate surface area is 98.9 Å². The lowest BCUT2D eigenvalue weighted by atomic mass is 10.3. The number of ether oxygens (including phenoxy) is 1. The molecular weight excluding hydrogens is 218 g/mol. The second-order valence-electron chi connectivity index (χ2n) is 3.26. The summed E-state index contributed by atoms with van der Waals surface area (Å²) < 4.78 is 5.49. The fourth-order valence-electron chi connectivity index (χ4n) is 1.24. The van der Waals surface area contributed by atoms with E-state index in [1.807, 2.05) is 30.3 Å². The van der Waals surface area contributed by atoms with Crippen molar-refractivity contribution >= 4 is 11.9 Å². The predicted molar refractivity (Wildman–Crippen MR) is 64.7 cm³/mol. The summed E-state index contributed by atoms with van der Waals surface area (Å²) >= 11 is 0. The summed E-state index contributed by atoms with van der Waals surface area (Å²) in [5.41, 5.74) is 5.42.